The van der Waals surface area contributed by atoms with Crippen LogP contribution in [0.25, 0.3) is 0 Å². The third kappa shape index (κ3) is 2.42. The number of hydrogen-bond donors (Lipinski definition) is 2. The van der Waals surface area contributed by atoms with E-state index in [4.69, 9.17) is 11.5 Å². The second-order valence-electron chi connectivity index (χ2n) is 3.76. The maximum absolute atomic E-state index is 11.1. The lowest BCUT2D eigenvalue weighted by Crippen LogP contribution is -2.16. The van der Waals surface area contributed by atoms with Crippen LogP contribution in [0.15, 0.2) is 42.6 Å². The molecule has 1 heterocycles. The summed E-state index contributed by atoms with van der Waals surface area (Å²) in [7, 11) is 0. The van der Waals surface area contributed by atoms with Gasteiger partial charge >= 0.3 is 0 Å². The largest absolute Gasteiger partial charge is 0.397 e. The minimum absolute atomic E-state index is 0.137. The van der Waals surface area contributed by atoms with Gasteiger partial charge < -0.3 is 11.5 Å². The van der Waals surface area contributed by atoms with Gasteiger partial charge in [0.25, 0.3) is 5.91 Å². The van der Waals surface area contributed by atoms with Crippen LogP contribution < -0.4 is 11.5 Å². The molecule has 86 valence electrons. The first-order chi connectivity index (χ1) is 8.18. The van der Waals surface area contributed by atoms with Gasteiger partial charge in [-0.25, -0.2) is 4.98 Å². The van der Waals surface area contributed by atoms with E-state index in [9.17, 15) is 4.79 Å². The van der Waals surface area contributed by atoms with Gasteiger partial charge in [0.15, 0.2) is 5.69 Å². The van der Waals surface area contributed by atoms with Gasteiger partial charge in [-0.2, -0.15) is 0 Å². The number of pyridine rings is 1. The van der Waals surface area contributed by atoms with E-state index in [-0.39, 0.29) is 5.69 Å². The van der Waals surface area contributed by atoms with Gasteiger partial charge in [-0.3, -0.25) is 4.79 Å². The fourth-order valence-electron chi connectivity index (χ4n) is 1.68. The highest BCUT2D eigenvalue weighted by Crippen LogP contribution is 2.18. The molecule has 0 fully saturated rings. The van der Waals surface area contributed by atoms with Gasteiger partial charge in [-0.1, -0.05) is 30.3 Å². The van der Waals surface area contributed by atoms with Crippen molar-refractivity contribution in [1.29, 1.82) is 0 Å². The van der Waals surface area contributed by atoms with Crippen LogP contribution in [-0.4, -0.2) is 10.9 Å². The number of nitrogens with two attached hydrogens (primary N) is 2. The maximum atomic E-state index is 11.1. The number of primary amides is 1. The van der Waals surface area contributed by atoms with Crippen molar-refractivity contribution in [2.45, 2.75) is 6.42 Å². The molecule has 0 aliphatic rings. The van der Waals surface area contributed by atoms with E-state index in [1.807, 2.05) is 30.3 Å². The third-order valence-electron chi connectivity index (χ3n) is 2.55. The molecule has 0 spiro atoms. The molecule has 0 aliphatic carbocycles. The predicted octanol–water partition coefficient (Wildman–Crippen LogP) is 1.35. The smallest absolute Gasteiger partial charge is 0.269 e. The van der Waals surface area contributed by atoms with E-state index in [1.165, 1.54) is 0 Å². The van der Waals surface area contributed by atoms with E-state index in [0.717, 1.165) is 11.1 Å². The summed E-state index contributed by atoms with van der Waals surface area (Å²) in [5, 5.41) is 0. The van der Waals surface area contributed by atoms with E-state index < -0.39 is 5.91 Å². The molecule has 1 aromatic carbocycles. The minimum atomic E-state index is -0.600. The molecule has 0 unspecified atom stereocenters. The molecule has 4 heteroatoms. The summed E-state index contributed by atoms with van der Waals surface area (Å²) in [5.41, 5.74) is 13.6. The quantitative estimate of drug-likeness (QED) is 0.830. The Morgan fingerprint density at radius 3 is 2.53 bits per heavy atom. The van der Waals surface area contributed by atoms with Crippen molar-refractivity contribution < 1.29 is 4.79 Å². The van der Waals surface area contributed by atoms with Gasteiger partial charge in [0.05, 0.1) is 5.69 Å². The van der Waals surface area contributed by atoms with Crippen molar-refractivity contribution in [3.05, 3.63) is 59.4 Å². The van der Waals surface area contributed by atoms with Crippen molar-refractivity contribution in [3.63, 3.8) is 0 Å². The Labute approximate surface area is 99.3 Å². The first-order valence-corrected chi connectivity index (χ1v) is 5.25. The second-order valence-corrected chi connectivity index (χ2v) is 3.76. The van der Waals surface area contributed by atoms with E-state index in [2.05, 4.69) is 4.98 Å². The maximum Gasteiger partial charge on any atom is 0.269 e. The summed E-state index contributed by atoms with van der Waals surface area (Å²) in [4.78, 5) is 15.0. The van der Waals surface area contributed by atoms with Crippen LogP contribution in [0.1, 0.15) is 21.6 Å². The van der Waals surface area contributed by atoms with Crippen molar-refractivity contribution in [2.24, 2.45) is 5.73 Å². The molecule has 4 nitrogen and oxygen atoms in total. The first kappa shape index (κ1) is 11.1. The lowest BCUT2D eigenvalue weighted by Gasteiger charge is -2.07. The van der Waals surface area contributed by atoms with Crippen molar-refractivity contribution in [2.75, 3.05) is 5.73 Å². The SMILES string of the molecule is NC(=O)c1nccc(Cc2ccccc2)c1N. The zero-order valence-electron chi connectivity index (χ0n) is 9.26. The number of aromatic nitrogens is 1. The molecule has 0 bridgehead atoms. The topological polar surface area (TPSA) is 82.0 Å². The third-order valence-corrected chi connectivity index (χ3v) is 2.55. The Morgan fingerprint density at radius 2 is 1.88 bits per heavy atom. The Kier molecular flexibility index (Phi) is 3.05. The van der Waals surface area contributed by atoms with Gasteiger partial charge in [0.1, 0.15) is 0 Å². The van der Waals surface area contributed by atoms with Crippen LogP contribution >= 0.6 is 0 Å². The highest BCUT2D eigenvalue weighted by molar-refractivity contribution is 5.96. The zero-order chi connectivity index (χ0) is 12.3. The van der Waals surface area contributed by atoms with Crippen LogP contribution in [0.5, 0.6) is 0 Å². The van der Waals surface area contributed by atoms with Crippen LogP contribution in [-0.2, 0) is 6.42 Å². The van der Waals surface area contributed by atoms with Gasteiger partial charge in [0.2, 0.25) is 0 Å². The molecule has 0 radical (unpaired) electrons. The number of rotatable bonds is 3. The number of nitrogens with zero attached hydrogens (tertiary/aromatic N) is 1. The molecule has 2 aromatic rings. The normalized spacial score (nSPS) is 10.1. The van der Waals surface area contributed by atoms with Crippen molar-refractivity contribution in [1.82, 2.24) is 4.98 Å². The molecular weight excluding hydrogens is 214 g/mol. The van der Waals surface area contributed by atoms with Gasteiger partial charge in [-0.05, 0) is 23.6 Å². The highest BCUT2D eigenvalue weighted by atomic mass is 16.1. The molecule has 0 atom stereocenters. The number of nitrogen functional groups attached to an aromatic ring is 1. The predicted molar refractivity (Wildman–Crippen MR) is 66.4 cm³/mol. The van der Waals surface area contributed by atoms with E-state index in [0.29, 0.717) is 12.1 Å². The zero-order valence-corrected chi connectivity index (χ0v) is 9.26. The fraction of sp³-hybridized carbons (Fsp3) is 0.0769. The number of anilines is 1. The number of amides is 1. The average Bonchev–Trinajstić information content (AvgIpc) is 2.33. The summed E-state index contributed by atoms with van der Waals surface area (Å²) >= 11 is 0. The molecule has 0 saturated heterocycles. The summed E-state index contributed by atoms with van der Waals surface area (Å²) in [5.74, 6) is -0.600. The molecule has 17 heavy (non-hydrogen) atoms. The van der Waals surface area contributed by atoms with Crippen LogP contribution in [0.4, 0.5) is 5.69 Å². The fourth-order valence-corrected chi connectivity index (χ4v) is 1.68. The van der Waals surface area contributed by atoms with Gasteiger partial charge in [-0.15, -0.1) is 0 Å². The summed E-state index contributed by atoms with van der Waals surface area (Å²) in [6, 6.07) is 11.7. The van der Waals surface area contributed by atoms with E-state index >= 15 is 0 Å². The molecule has 1 aromatic heterocycles. The number of benzene rings is 1. The molecule has 0 saturated carbocycles. The molecule has 4 N–H and O–H groups in total. The Bertz CT molecular complexity index is 538. The standard InChI is InChI=1S/C13H13N3O/c14-11-10(6-7-16-12(11)13(15)17)8-9-4-2-1-3-5-9/h1-7H,8,14H2,(H2,15,17). The van der Waals surface area contributed by atoms with E-state index in [1.54, 1.807) is 12.3 Å². The number of carbonyl (C=O) groups excluding carboxylic acids is 1. The first-order valence-electron chi connectivity index (χ1n) is 5.25. The summed E-state index contributed by atoms with van der Waals surface area (Å²) < 4.78 is 0. The van der Waals surface area contributed by atoms with Crippen LogP contribution in [0, 0.1) is 0 Å². The Morgan fingerprint density at radius 1 is 1.18 bits per heavy atom. The molecular formula is C13H13N3O. The highest BCUT2D eigenvalue weighted by Gasteiger charge is 2.11. The second kappa shape index (κ2) is 4.65. The molecule has 1 amide bonds. The number of carbonyl (C=O) groups is 1. The Balaban J connectivity index is 2.34. The summed E-state index contributed by atoms with van der Waals surface area (Å²) in [6.07, 6.45) is 2.21. The minimum Gasteiger partial charge on any atom is -0.397 e. The lowest BCUT2D eigenvalue weighted by molar-refractivity contribution is 0.0996. The van der Waals surface area contributed by atoms with Crippen LogP contribution in [0.2, 0.25) is 0 Å². The molecule has 2 rings (SSSR count). The van der Waals surface area contributed by atoms with Crippen LogP contribution in [0.3, 0.4) is 0 Å². The summed E-state index contributed by atoms with van der Waals surface area (Å²) in [6.45, 7) is 0. The van der Waals surface area contributed by atoms with Crippen molar-refractivity contribution in [3.8, 4) is 0 Å². The lowest BCUT2D eigenvalue weighted by atomic mass is 10.0. The molecule has 0 aliphatic heterocycles. The van der Waals surface area contributed by atoms with Gasteiger partial charge in [0, 0.05) is 6.20 Å². The Hall–Kier alpha value is -2.36. The number of hydrogen-bond acceptors (Lipinski definition) is 3. The monoisotopic (exact) mass is 227 g/mol. The average molecular weight is 227 g/mol. The van der Waals surface area contributed by atoms with Crippen molar-refractivity contribution >= 4 is 11.6 Å².